The highest BCUT2D eigenvalue weighted by Crippen LogP contribution is 2.20. The summed E-state index contributed by atoms with van der Waals surface area (Å²) in [4.78, 5) is 11.1. The molecule has 0 radical (unpaired) electrons. The Balaban J connectivity index is 2.01. The molecule has 4 heteroatoms. The van der Waals surface area contributed by atoms with E-state index in [2.05, 4.69) is 36.5 Å². The first-order valence-electron chi connectivity index (χ1n) is 7.01. The summed E-state index contributed by atoms with van der Waals surface area (Å²) in [5, 5.41) is 3.86. The van der Waals surface area contributed by atoms with Crippen LogP contribution in [-0.4, -0.2) is 5.91 Å². The van der Waals surface area contributed by atoms with Crippen molar-refractivity contribution in [3.05, 3.63) is 64.2 Å². The van der Waals surface area contributed by atoms with Crippen LogP contribution in [0.5, 0.6) is 0 Å². The number of hydrogen-bond acceptors (Lipinski definition) is 2. The highest BCUT2D eigenvalue weighted by atomic mass is 35.5. The Morgan fingerprint density at radius 2 is 1.90 bits per heavy atom. The maximum Gasteiger partial charge on any atom is 0.248 e. The minimum atomic E-state index is -0.470. The van der Waals surface area contributed by atoms with E-state index in [-0.39, 0.29) is 0 Å². The van der Waals surface area contributed by atoms with Crippen LogP contribution in [0, 0.1) is 0 Å². The van der Waals surface area contributed by atoms with Crippen LogP contribution in [0.4, 0.5) is 5.69 Å². The topological polar surface area (TPSA) is 55.1 Å². The maximum atomic E-state index is 11.1. The molecule has 0 aliphatic carbocycles. The molecule has 0 saturated carbocycles. The number of carbonyl (C=O) groups excluding carboxylic acids is 1. The van der Waals surface area contributed by atoms with Gasteiger partial charge >= 0.3 is 0 Å². The predicted octanol–water partition coefficient (Wildman–Crippen LogP) is 4.00. The second kappa shape index (κ2) is 7.14. The van der Waals surface area contributed by atoms with Crippen LogP contribution in [0.2, 0.25) is 5.02 Å². The van der Waals surface area contributed by atoms with Gasteiger partial charge in [0.05, 0.1) is 0 Å². The highest BCUT2D eigenvalue weighted by Gasteiger charge is 2.05. The van der Waals surface area contributed by atoms with Gasteiger partial charge in [0.1, 0.15) is 0 Å². The molecule has 0 heterocycles. The molecule has 0 saturated heterocycles. The normalized spacial score (nSPS) is 10.4. The van der Waals surface area contributed by atoms with Gasteiger partial charge in [0.2, 0.25) is 5.91 Å². The summed E-state index contributed by atoms with van der Waals surface area (Å²) in [7, 11) is 0. The summed E-state index contributed by atoms with van der Waals surface area (Å²) in [6, 6.07) is 13.5. The van der Waals surface area contributed by atoms with E-state index in [0.29, 0.717) is 17.1 Å². The number of aryl methyl sites for hydroxylation is 1. The van der Waals surface area contributed by atoms with Gasteiger partial charge in [0.15, 0.2) is 0 Å². The average molecular weight is 303 g/mol. The number of rotatable bonds is 6. The summed E-state index contributed by atoms with van der Waals surface area (Å²) < 4.78 is 0. The minimum Gasteiger partial charge on any atom is -0.381 e. The molecule has 0 aromatic heterocycles. The summed E-state index contributed by atoms with van der Waals surface area (Å²) in [5.74, 6) is -0.470. The monoisotopic (exact) mass is 302 g/mol. The van der Waals surface area contributed by atoms with Crippen molar-refractivity contribution in [1.82, 2.24) is 0 Å². The fraction of sp³-hybridized carbons (Fsp3) is 0.235. The van der Waals surface area contributed by atoms with Crippen molar-refractivity contribution in [2.24, 2.45) is 5.73 Å². The number of nitrogens with one attached hydrogen (secondary N) is 1. The molecule has 0 spiro atoms. The Bertz CT molecular complexity index is 623. The standard InChI is InChI=1S/C17H19ClN2O/c1-2-3-12-4-8-15(9-5-12)20-11-14-7-6-13(17(19)21)10-16(14)18/h4-10,20H,2-3,11H2,1H3,(H2,19,21). The fourth-order valence-corrected chi connectivity index (χ4v) is 2.37. The fourth-order valence-electron chi connectivity index (χ4n) is 2.12. The number of primary amides is 1. The number of halogens is 1. The van der Waals surface area contributed by atoms with Crippen LogP contribution in [-0.2, 0) is 13.0 Å². The third-order valence-corrected chi connectivity index (χ3v) is 3.67. The average Bonchev–Trinajstić information content (AvgIpc) is 2.47. The number of hydrogen-bond donors (Lipinski definition) is 2. The van der Waals surface area contributed by atoms with Gasteiger partial charge in [-0.1, -0.05) is 43.1 Å². The van der Waals surface area contributed by atoms with Gasteiger partial charge in [0, 0.05) is 22.8 Å². The minimum absolute atomic E-state index is 0.424. The van der Waals surface area contributed by atoms with Gasteiger partial charge in [0.25, 0.3) is 0 Å². The van der Waals surface area contributed by atoms with Gasteiger partial charge in [-0.25, -0.2) is 0 Å². The second-order valence-corrected chi connectivity index (χ2v) is 5.38. The van der Waals surface area contributed by atoms with Crippen molar-refractivity contribution in [3.63, 3.8) is 0 Å². The zero-order valence-electron chi connectivity index (χ0n) is 12.0. The number of benzene rings is 2. The highest BCUT2D eigenvalue weighted by molar-refractivity contribution is 6.31. The van der Waals surface area contributed by atoms with Crippen LogP contribution < -0.4 is 11.1 Å². The molecule has 2 rings (SSSR count). The van der Waals surface area contributed by atoms with Crippen molar-refractivity contribution >= 4 is 23.2 Å². The lowest BCUT2D eigenvalue weighted by molar-refractivity contribution is 0.100. The number of nitrogens with two attached hydrogens (primary N) is 1. The molecule has 0 atom stereocenters. The third kappa shape index (κ3) is 4.23. The van der Waals surface area contributed by atoms with Gasteiger partial charge < -0.3 is 11.1 Å². The van der Waals surface area contributed by atoms with E-state index in [1.807, 2.05) is 6.07 Å². The number of carbonyl (C=O) groups is 1. The van der Waals surface area contributed by atoms with Crippen molar-refractivity contribution in [2.75, 3.05) is 5.32 Å². The van der Waals surface area contributed by atoms with Crippen LogP contribution in [0.25, 0.3) is 0 Å². The lowest BCUT2D eigenvalue weighted by Gasteiger charge is -2.09. The molecule has 3 nitrogen and oxygen atoms in total. The Morgan fingerprint density at radius 3 is 2.48 bits per heavy atom. The van der Waals surface area contributed by atoms with Crippen molar-refractivity contribution in [2.45, 2.75) is 26.3 Å². The number of amides is 1. The zero-order valence-corrected chi connectivity index (χ0v) is 12.8. The van der Waals surface area contributed by atoms with E-state index in [0.717, 1.165) is 24.1 Å². The summed E-state index contributed by atoms with van der Waals surface area (Å²) >= 11 is 6.16. The molecule has 110 valence electrons. The zero-order chi connectivity index (χ0) is 15.2. The van der Waals surface area contributed by atoms with E-state index in [9.17, 15) is 4.79 Å². The Morgan fingerprint density at radius 1 is 1.19 bits per heavy atom. The predicted molar refractivity (Wildman–Crippen MR) is 87.7 cm³/mol. The molecular weight excluding hydrogens is 284 g/mol. The van der Waals surface area contributed by atoms with Gasteiger partial charge in [-0.15, -0.1) is 0 Å². The first-order chi connectivity index (χ1) is 10.1. The molecule has 0 unspecified atom stereocenters. The summed E-state index contributed by atoms with van der Waals surface area (Å²) in [6.07, 6.45) is 2.25. The molecule has 3 N–H and O–H groups in total. The molecule has 2 aromatic rings. The van der Waals surface area contributed by atoms with E-state index in [4.69, 9.17) is 17.3 Å². The molecule has 0 fully saturated rings. The Hall–Kier alpha value is -2.00. The molecule has 2 aromatic carbocycles. The second-order valence-electron chi connectivity index (χ2n) is 4.97. The Labute approximate surface area is 130 Å². The van der Waals surface area contributed by atoms with Crippen LogP contribution in [0.1, 0.15) is 34.8 Å². The lowest BCUT2D eigenvalue weighted by atomic mass is 10.1. The number of anilines is 1. The maximum absolute atomic E-state index is 11.1. The van der Waals surface area contributed by atoms with E-state index in [1.54, 1.807) is 12.1 Å². The first kappa shape index (κ1) is 15.4. The summed E-state index contributed by atoms with van der Waals surface area (Å²) in [5.41, 5.74) is 8.96. The third-order valence-electron chi connectivity index (χ3n) is 3.31. The van der Waals surface area contributed by atoms with E-state index >= 15 is 0 Å². The molecule has 0 aliphatic heterocycles. The van der Waals surface area contributed by atoms with Crippen molar-refractivity contribution in [1.29, 1.82) is 0 Å². The summed E-state index contributed by atoms with van der Waals surface area (Å²) in [6.45, 7) is 2.77. The molecule has 1 amide bonds. The van der Waals surface area contributed by atoms with Gasteiger partial charge in [-0.05, 0) is 41.8 Å². The lowest BCUT2D eigenvalue weighted by Crippen LogP contribution is -2.11. The molecular formula is C17H19ClN2O. The SMILES string of the molecule is CCCc1ccc(NCc2ccc(C(N)=O)cc2Cl)cc1. The largest absolute Gasteiger partial charge is 0.381 e. The van der Waals surface area contributed by atoms with Crippen LogP contribution in [0.3, 0.4) is 0 Å². The van der Waals surface area contributed by atoms with Crippen LogP contribution >= 0.6 is 11.6 Å². The Kier molecular flexibility index (Phi) is 5.23. The van der Waals surface area contributed by atoms with Crippen LogP contribution in [0.15, 0.2) is 42.5 Å². The van der Waals surface area contributed by atoms with Gasteiger partial charge in [-0.2, -0.15) is 0 Å². The quantitative estimate of drug-likeness (QED) is 0.847. The van der Waals surface area contributed by atoms with Crippen molar-refractivity contribution in [3.8, 4) is 0 Å². The van der Waals surface area contributed by atoms with Crippen molar-refractivity contribution < 1.29 is 4.79 Å². The molecule has 0 bridgehead atoms. The first-order valence-corrected chi connectivity index (χ1v) is 7.39. The molecule has 21 heavy (non-hydrogen) atoms. The molecule has 0 aliphatic rings. The van der Waals surface area contributed by atoms with E-state index < -0.39 is 5.91 Å². The smallest absolute Gasteiger partial charge is 0.248 e. The van der Waals surface area contributed by atoms with E-state index in [1.165, 1.54) is 5.56 Å². The van der Waals surface area contributed by atoms with Gasteiger partial charge in [-0.3, -0.25) is 4.79 Å².